The fourth-order valence-corrected chi connectivity index (χ4v) is 2.00. The summed E-state index contributed by atoms with van der Waals surface area (Å²) in [6.07, 6.45) is 0. The maximum atomic E-state index is 13.3. The Labute approximate surface area is 108 Å². The highest BCUT2D eigenvalue weighted by Gasteiger charge is 2.11. The van der Waals surface area contributed by atoms with Crippen LogP contribution in [0, 0.1) is 19.7 Å². The van der Waals surface area contributed by atoms with Gasteiger partial charge in [-0.25, -0.2) is 14.4 Å². The van der Waals surface area contributed by atoms with Crippen LogP contribution in [0.3, 0.4) is 0 Å². The number of benzene rings is 1. The molecule has 0 spiro atoms. The fourth-order valence-electron chi connectivity index (χ4n) is 1.57. The van der Waals surface area contributed by atoms with Crippen LogP contribution in [0.1, 0.15) is 11.4 Å². The van der Waals surface area contributed by atoms with Gasteiger partial charge in [0.25, 0.3) is 0 Å². The van der Waals surface area contributed by atoms with Crippen molar-refractivity contribution in [2.75, 3.05) is 0 Å². The van der Waals surface area contributed by atoms with Crippen molar-refractivity contribution >= 4 is 23.2 Å². The number of hydrogen-bond acceptors (Lipinski definition) is 2. The van der Waals surface area contributed by atoms with Crippen LogP contribution in [0.5, 0.6) is 0 Å². The zero-order valence-corrected chi connectivity index (χ0v) is 10.8. The highest BCUT2D eigenvalue weighted by molar-refractivity contribution is 6.31. The third-order valence-electron chi connectivity index (χ3n) is 2.33. The second-order valence-corrected chi connectivity index (χ2v) is 4.49. The molecule has 0 saturated carbocycles. The van der Waals surface area contributed by atoms with E-state index in [0.717, 1.165) is 0 Å². The molecule has 0 amide bonds. The highest BCUT2D eigenvalue weighted by Crippen LogP contribution is 2.28. The number of rotatable bonds is 1. The van der Waals surface area contributed by atoms with Crippen LogP contribution < -0.4 is 0 Å². The third kappa shape index (κ3) is 2.56. The first-order chi connectivity index (χ1) is 7.97. The van der Waals surface area contributed by atoms with Crippen molar-refractivity contribution < 1.29 is 4.39 Å². The normalized spacial score (nSPS) is 10.6. The van der Waals surface area contributed by atoms with E-state index in [1.807, 2.05) is 0 Å². The molecule has 1 aromatic heterocycles. The summed E-state index contributed by atoms with van der Waals surface area (Å²) in [6, 6.07) is 4.27. The van der Waals surface area contributed by atoms with Crippen molar-refractivity contribution in [1.82, 2.24) is 9.97 Å². The minimum atomic E-state index is -0.403. The molecule has 2 nitrogen and oxygen atoms in total. The summed E-state index contributed by atoms with van der Waals surface area (Å²) in [5, 5.41) is 0.694. The van der Waals surface area contributed by atoms with E-state index in [2.05, 4.69) is 9.97 Å². The lowest BCUT2D eigenvalue weighted by Crippen LogP contribution is -1.97. The molecule has 0 bridgehead atoms. The molecule has 0 radical (unpaired) electrons. The Morgan fingerprint density at radius 2 is 1.76 bits per heavy atom. The van der Waals surface area contributed by atoms with E-state index in [9.17, 15) is 4.39 Å². The van der Waals surface area contributed by atoms with Crippen molar-refractivity contribution in [3.05, 3.63) is 45.6 Å². The third-order valence-corrected chi connectivity index (χ3v) is 2.92. The first kappa shape index (κ1) is 12.3. The van der Waals surface area contributed by atoms with Crippen molar-refractivity contribution in [3.63, 3.8) is 0 Å². The van der Waals surface area contributed by atoms with Gasteiger partial charge in [-0.05, 0) is 32.0 Å². The molecule has 1 aromatic carbocycles. The van der Waals surface area contributed by atoms with Gasteiger partial charge >= 0.3 is 0 Å². The quantitative estimate of drug-likeness (QED) is 0.726. The summed E-state index contributed by atoms with van der Waals surface area (Å²) in [5.74, 6) is 0.135. The van der Waals surface area contributed by atoms with E-state index in [1.165, 1.54) is 12.1 Å². The SMILES string of the molecule is Cc1nc(Cl)c(C)c(-c2cc(F)cc(Cl)c2)n1. The molecule has 2 rings (SSSR count). The first-order valence-corrected chi connectivity index (χ1v) is 5.70. The fraction of sp³-hybridized carbons (Fsp3) is 0.167. The van der Waals surface area contributed by atoms with Crippen LogP contribution in [0.4, 0.5) is 4.39 Å². The monoisotopic (exact) mass is 270 g/mol. The summed E-state index contributed by atoms with van der Waals surface area (Å²) in [7, 11) is 0. The minimum Gasteiger partial charge on any atom is -0.233 e. The predicted octanol–water partition coefficient (Wildman–Crippen LogP) is 4.21. The van der Waals surface area contributed by atoms with E-state index in [1.54, 1.807) is 19.9 Å². The predicted molar refractivity (Wildman–Crippen MR) is 66.9 cm³/mol. The van der Waals surface area contributed by atoms with Crippen LogP contribution >= 0.6 is 23.2 Å². The summed E-state index contributed by atoms with van der Waals surface area (Å²) < 4.78 is 13.3. The van der Waals surface area contributed by atoms with Crippen molar-refractivity contribution in [3.8, 4) is 11.3 Å². The molecule has 2 aromatic rings. The lowest BCUT2D eigenvalue weighted by atomic mass is 10.1. The molecule has 0 atom stereocenters. The summed E-state index contributed by atoms with van der Waals surface area (Å²) in [5.41, 5.74) is 1.91. The molecular weight excluding hydrogens is 262 g/mol. The van der Waals surface area contributed by atoms with E-state index in [0.29, 0.717) is 32.8 Å². The molecule has 5 heteroatoms. The zero-order valence-electron chi connectivity index (χ0n) is 9.26. The van der Waals surface area contributed by atoms with E-state index in [4.69, 9.17) is 23.2 Å². The van der Waals surface area contributed by atoms with Crippen LogP contribution in [-0.4, -0.2) is 9.97 Å². The topological polar surface area (TPSA) is 25.8 Å². The zero-order chi connectivity index (χ0) is 12.6. The maximum absolute atomic E-state index is 13.3. The summed E-state index contributed by atoms with van der Waals surface area (Å²) >= 11 is 11.8. The Balaban J connectivity index is 2.67. The van der Waals surface area contributed by atoms with Gasteiger partial charge in [-0.15, -0.1) is 0 Å². The molecule has 0 fully saturated rings. The number of hydrogen-bond donors (Lipinski definition) is 0. The Bertz CT molecular complexity index is 565. The average molecular weight is 271 g/mol. The van der Waals surface area contributed by atoms with Gasteiger partial charge in [-0.1, -0.05) is 23.2 Å². The van der Waals surface area contributed by atoms with Crippen molar-refractivity contribution in [2.24, 2.45) is 0 Å². The van der Waals surface area contributed by atoms with Gasteiger partial charge in [-0.3, -0.25) is 0 Å². The molecule has 0 aliphatic heterocycles. The van der Waals surface area contributed by atoms with Gasteiger partial charge in [0.2, 0.25) is 0 Å². The largest absolute Gasteiger partial charge is 0.233 e. The molecule has 0 N–H and O–H groups in total. The van der Waals surface area contributed by atoms with E-state index >= 15 is 0 Å². The van der Waals surface area contributed by atoms with Gasteiger partial charge < -0.3 is 0 Å². The Hall–Kier alpha value is -1.19. The highest BCUT2D eigenvalue weighted by atomic mass is 35.5. The molecule has 1 heterocycles. The van der Waals surface area contributed by atoms with Gasteiger partial charge in [0.05, 0.1) is 5.69 Å². The second-order valence-electron chi connectivity index (χ2n) is 3.69. The van der Waals surface area contributed by atoms with Crippen molar-refractivity contribution in [1.29, 1.82) is 0 Å². The number of halogens is 3. The van der Waals surface area contributed by atoms with Crippen molar-refractivity contribution in [2.45, 2.75) is 13.8 Å². The standard InChI is InChI=1S/C12H9Cl2FN2/c1-6-11(16-7(2)17-12(6)14)8-3-9(13)5-10(15)4-8/h3-5H,1-2H3. The van der Waals surface area contributed by atoms with E-state index in [-0.39, 0.29) is 0 Å². The smallest absolute Gasteiger partial charge is 0.136 e. The molecule has 0 aliphatic rings. The second kappa shape index (κ2) is 4.59. The lowest BCUT2D eigenvalue weighted by Gasteiger charge is -2.08. The number of aromatic nitrogens is 2. The van der Waals surface area contributed by atoms with E-state index < -0.39 is 5.82 Å². The van der Waals surface area contributed by atoms with Gasteiger partial charge in [0, 0.05) is 16.1 Å². The Morgan fingerprint density at radius 1 is 1.06 bits per heavy atom. The minimum absolute atomic E-state index is 0.326. The molecule has 0 unspecified atom stereocenters. The van der Waals surface area contributed by atoms with Crippen LogP contribution in [-0.2, 0) is 0 Å². The molecule has 0 aliphatic carbocycles. The molecule has 17 heavy (non-hydrogen) atoms. The number of nitrogens with zero attached hydrogens (tertiary/aromatic N) is 2. The van der Waals surface area contributed by atoms with Gasteiger partial charge in [0.1, 0.15) is 16.8 Å². The first-order valence-electron chi connectivity index (χ1n) is 4.94. The average Bonchev–Trinajstić information content (AvgIpc) is 2.22. The Kier molecular flexibility index (Phi) is 3.31. The summed E-state index contributed by atoms with van der Waals surface area (Å²) in [4.78, 5) is 8.30. The van der Waals surface area contributed by atoms with Crippen LogP contribution in [0.2, 0.25) is 10.2 Å². The maximum Gasteiger partial charge on any atom is 0.136 e. The van der Waals surface area contributed by atoms with Gasteiger partial charge in [-0.2, -0.15) is 0 Å². The molecule has 0 saturated heterocycles. The molecule has 88 valence electrons. The van der Waals surface area contributed by atoms with Gasteiger partial charge in [0.15, 0.2) is 0 Å². The lowest BCUT2D eigenvalue weighted by molar-refractivity contribution is 0.628. The summed E-state index contributed by atoms with van der Waals surface area (Å²) in [6.45, 7) is 3.52. The Morgan fingerprint density at radius 3 is 2.41 bits per heavy atom. The van der Waals surface area contributed by atoms with Crippen LogP contribution in [0.25, 0.3) is 11.3 Å². The molecular formula is C12H9Cl2FN2. The van der Waals surface area contributed by atoms with Crippen LogP contribution in [0.15, 0.2) is 18.2 Å². The number of aryl methyl sites for hydroxylation is 1.